The number of amides is 1. The van der Waals surface area contributed by atoms with Gasteiger partial charge in [0.25, 0.3) is 5.91 Å². The number of ether oxygens (including phenoxy) is 1. The molecule has 2 rings (SSSR count). The first-order valence-electron chi connectivity index (χ1n) is 6.54. The molecule has 1 aromatic rings. The van der Waals surface area contributed by atoms with E-state index < -0.39 is 0 Å². The summed E-state index contributed by atoms with van der Waals surface area (Å²) in [5.41, 5.74) is 6.81. The Labute approximate surface area is 118 Å². The number of anilines is 1. The van der Waals surface area contributed by atoms with E-state index in [1.807, 2.05) is 11.8 Å². The smallest absolute Gasteiger partial charge is 0.255 e. The van der Waals surface area contributed by atoms with Gasteiger partial charge < -0.3 is 15.4 Å². The fourth-order valence-electron chi connectivity index (χ4n) is 2.29. The highest BCUT2D eigenvalue weighted by Crippen LogP contribution is 2.21. The summed E-state index contributed by atoms with van der Waals surface area (Å²) in [5, 5.41) is 0.543. The van der Waals surface area contributed by atoms with Crippen LogP contribution in [0.4, 0.5) is 5.69 Å². The Morgan fingerprint density at radius 2 is 2.37 bits per heavy atom. The van der Waals surface area contributed by atoms with Gasteiger partial charge in [-0.1, -0.05) is 11.6 Å². The van der Waals surface area contributed by atoms with Gasteiger partial charge in [-0.3, -0.25) is 4.79 Å². The maximum absolute atomic E-state index is 12.5. The van der Waals surface area contributed by atoms with Crippen molar-refractivity contribution in [1.82, 2.24) is 4.90 Å². The fourth-order valence-corrected chi connectivity index (χ4v) is 2.47. The van der Waals surface area contributed by atoms with Crippen LogP contribution in [0, 0.1) is 5.92 Å². The predicted molar refractivity (Wildman–Crippen MR) is 76.4 cm³/mol. The third-order valence-electron chi connectivity index (χ3n) is 3.42. The first kappa shape index (κ1) is 14.2. The number of hydrogen-bond acceptors (Lipinski definition) is 3. The van der Waals surface area contributed by atoms with Crippen molar-refractivity contribution in [1.29, 1.82) is 0 Å². The molecule has 104 valence electrons. The first-order valence-corrected chi connectivity index (χ1v) is 6.91. The lowest BCUT2D eigenvalue weighted by molar-refractivity contribution is 0.0732. The summed E-state index contributed by atoms with van der Waals surface area (Å²) in [4.78, 5) is 14.3. The van der Waals surface area contributed by atoms with E-state index >= 15 is 0 Å². The van der Waals surface area contributed by atoms with Crippen molar-refractivity contribution in [2.75, 3.05) is 32.0 Å². The average Bonchev–Trinajstić information content (AvgIpc) is 2.88. The Balaban J connectivity index is 2.10. The number of carbonyl (C=O) groups is 1. The molecule has 1 aliphatic heterocycles. The molecular weight excluding hydrogens is 264 g/mol. The van der Waals surface area contributed by atoms with Crippen molar-refractivity contribution >= 4 is 23.2 Å². The summed E-state index contributed by atoms with van der Waals surface area (Å²) >= 11 is 5.85. The van der Waals surface area contributed by atoms with E-state index in [-0.39, 0.29) is 5.91 Å². The standard InChI is InChI=1S/C14H19ClN2O2/c1-2-17(8-10-5-6-19-9-10)14(18)12-4-3-11(15)7-13(12)16/h3-4,7,10H,2,5-6,8-9,16H2,1H3. The summed E-state index contributed by atoms with van der Waals surface area (Å²) < 4.78 is 5.35. The van der Waals surface area contributed by atoms with E-state index in [2.05, 4.69) is 0 Å². The lowest BCUT2D eigenvalue weighted by Gasteiger charge is -2.24. The maximum Gasteiger partial charge on any atom is 0.255 e. The monoisotopic (exact) mass is 282 g/mol. The zero-order chi connectivity index (χ0) is 13.8. The summed E-state index contributed by atoms with van der Waals surface area (Å²) in [7, 11) is 0. The largest absolute Gasteiger partial charge is 0.398 e. The number of hydrogen-bond donors (Lipinski definition) is 1. The number of carbonyl (C=O) groups excluding carboxylic acids is 1. The minimum Gasteiger partial charge on any atom is -0.398 e. The van der Waals surface area contributed by atoms with Gasteiger partial charge in [-0.15, -0.1) is 0 Å². The number of nitrogens with two attached hydrogens (primary N) is 1. The second-order valence-electron chi connectivity index (χ2n) is 4.80. The highest BCUT2D eigenvalue weighted by molar-refractivity contribution is 6.31. The lowest BCUT2D eigenvalue weighted by atomic mass is 10.1. The third-order valence-corrected chi connectivity index (χ3v) is 3.65. The van der Waals surface area contributed by atoms with Gasteiger partial charge in [0, 0.05) is 36.3 Å². The van der Waals surface area contributed by atoms with Crippen LogP contribution >= 0.6 is 11.6 Å². The molecule has 0 aliphatic carbocycles. The topological polar surface area (TPSA) is 55.6 Å². The average molecular weight is 283 g/mol. The van der Waals surface area contributed by atoms with Crippen molar-refractivity contribution in [3.05, 3.63) is 28.8 Å². The highest BCUT2D eigenvalue weighted by Gasteiger charge is 2.23. The molecule has 5 heteroatoms. The van der Waals surface area contributed by atoms with Gasteiger partial charge >= 0.3 is 0 Å². The Kier molecular flexibility index (Phi) is 4.66. The number of halogens is 1. The van der Waals surface area contributed by atoms with E-state index in [4.69, 9.17) is 22.1 Å². The van der Waals surface area contributed by atoms with Crippen molar-refractivity contribution in [2.45, 2.75) is 13.3 Å². The molecular formula is C14H19ClN2O2. The normalized spacial score (nSPS) is 18.5. The zero-order valence-electron chi connectivity index (χ0n) is 11.1. The van der Waals surface area contributed by atoms with Crippen LogP contribution in [-0.2, 0) is 4.74 Å². The quantitative estimate of drug-likeness (QED) is 0.863. The lowest BCUT2D eigenvalue weighted by Crippen LogP contribution is -2.35. The molecule has 1 aromatic carbocycles. The predicted octanol–water partition coefficient (Wildman–Crippen LogP) is 2.42. The van der Waals surface area contributed by atoms with Gasteiger partial charge in [-0.2, -0.15) is 0 Å². The Morgan fingerprint density at radius 3 is 2.95 bits per heavy atom. The third kappa shape index (κ3) is 3.39. The molecule has 1 amide bonds. The molecule has 0 saturated carbocycles. The SMILES string of the molecule is CCN(CC1CCOC1)C(=O)c1ccc(Cl)cc1N. The summed E-state index contributed by atoms with van der Waals surface area (Å²) in [6.45, 7) is 4.88. The molecule has 0 aromatic heterocycles. The van der Waals surface area contributed by atoms with E-state index in [0.29, 0.717) is 28.7 Å². The molecule has 1 aliphatic rings. The number of rotatable bonds is 4. The Morgan fingerprint density at radius 1 is 1.58 bits per heavy atom. The van der Waals surface area contributed by atoms with E-state index in [0.717, 1.165) is 26.2 Å². The van der Waals surface area contributed by atoms with Gasteiger partial charge in [0.2, 0.25) is 0 Å². The van der Waals surface area contributed by atoms with Crippen LogP contribution in [0.1, 0.15) is 23.7 Å². The minimum absolute atomic E-state index is 0.0384. The minimum atomic E-state index is -0.0384. The van der Waals surface area contributed by atoms with Crippen molar-refractivity contribution in [3.63, 3.8) is 0 Å². The van der Waals surface area contributed by atoms with Crippen LogP contribution in [-0.4, -0.2) is 37.1 Å². The molecule has 19 heavy (non-hydrogen) atoms. The van der Waals surface area contributed by atoms with Gasteiger partial charge in [0.15, 0.2) is 0 Å². The molecule has 0 bridgehead atoms. The molecule has 1 saturated heterocycles. The number of nitrogen functional groups attached to an aromatic ring is 1. The molecule has 1 atom stereocenters. The summed E-state index contributed by atoms with van der Waals surface area (Å²) in [5.74, 6) is 0.390. The highest BCUT2D eigenvalue weighted by atomic mass is 35.5. The fraction of sp³-hybridized carbons (Fsp3) is 0.500. The summed E-state index contributed by atoms with van der Waals surface area (Å²) in [6.07, 6.45) is 1.01. The van der Waals surface area contributed by atoms with Crippen LogP contribution in [0.15, 0.2) is 18.2 Å². The van der Waals surface area contributed by atoms with Gasteiger partial charge in [-0.05, 0) is 31.5 Å². The van der Waals surface area contributed by atoms with Crippen LogP contribution in [0.2, 0.25) is 5.02 Å². The number of benzene rings is 1. The van der Waals surface area contributed by atoms with Crippen LogP contribution < -0.4 is 5.73 Å². The molecule has 0 spiro atoms. The van der Waals surface area contributed by atoms with E-state index in [1.54, 1.807) is 18.2 Å². The van der Waals surface area contributed by atoms with Crippen molar-refractivity contribution in [3.8, 4) is 0 Å². The molecule has 1 fully saturated rings. The van der Waals surface area contributed by atoms with E-state index in [9.17, 15) is 4.79 Å². The molecule has 2 N–H and O–H groups in total. The first-order chi connectivity index (χ1) is 9.11. The van der Waals surface area contributed by atoms with Crippen LogP contribution in [0.25, 0.3) is 0 Å². The maximum atomic E-state index is 12.5. The second kappa shape index (κ2) is 6.26. The van der Waals surface area contributed by atoms with Crippen LogP contribution in [0.3, 0.4) is 0 Å². The van der Waals surface area contributed by atoms with Crippen molar-refractivity contribution < 1.29 is 9.53 Å². The number of nitrogens with zero attached hydrogens (tertiary/aromatic N) is 1. The van der Waals surface area contributed by atoms with Crippen molar-refractivity contribution in [2.24, 2.45) is 5.92 Å². The molecule has 1 unspecified atom stereocenters. The Hall–Kier alpha value is -1.26. The summed E-state index contributed by atoms with van der Waals surface area (Å²) in [6, 6.07) is 4.99. The van der Waals surface area contributed by atoms with Gasteiger partial charge in [0.1, 0.15) is 0 Å². The zero-order valence-corrected chi connectivity index (χ0v) is 11.8. The molecule has 0 radical (unpaired) electrons. The molecule has 4 nitrogen and oxygen atoms in total. The second-order valence-corrected chi connectivity index (χ2v) is 5.24. The van der Waals surface area contributed by atoms with Gasteiger partial charge in [-0.25, -0.2) is 0 Å². The van der Waals surface area contributed by atoms with E-state index in [1.165, 1.54) is 0 Å². The van der Waals surface area contributed by atoms with Gasteiger partial charge in [0.05, 0.1) is 12.2 Å². The van der Waals surface area contributed by atoms with Crippen LogP contribution in [0.5, 0.6) is 0 Å². The molecule has 1 heterocycles. The Bertz CT molecular complexity index is 459.